The van der Waals surface area contributed by atoms with E-state index < -0.39 is 18.8 Å². The molecule has 3 nitrogen and oxygen atoms in total. The third-order valence-electron chi connectivity index (χ3n) is 2.71. The molecule has 0 fully saturated rings. The van der Waals surface area contributed by atoms with Gasteiger partial charge >= 0.3 is 6.18 Å². The summed E-state index contributed by atoms with van der Waals surface area (Å²) in [5, 5.41) is 8.99. The molecule has 0 aliphatic rings. The molecule has 1 heterocycles. The van der Waals surface area contributed by atoms with Crippen LogP contribution in [-0.2, 0) is 6.54 Å². The van der Waals surface area contributed by atoms with Gasteiger partial charge in [-0.15, -0.1) is 0 Å². The summed E-state index contributed by atoms with van der Waals surface area (Å²) in [7, 11) is 1.53. The zero-order valence-electron chi connectivity index (χ0n) is 11.3. The van der Waals surface area contributed by atoms with Crippen molar-refractivity contribution >= 4 is 0 Å². The van der Waals surface area contributed by atoms with Gasteiger partial charge in [0.25, 0.3) is 0 Å². The molecule has 6 heteroatoms. The maximum Gasteiger partial charge on any atom is 0.415 e. The minimum atomic E-state index is -4.58. The van der Waals surface area contributed by atoms with Crippen LogP contribution >= 0.6 is 0 Å². The molecule has 1 unspecified atom stereocenters. The largest absolute Gasteiger partial charge is 0.415 e. The Hall–Kier alpha value is -1.14. The Balaban J connectivity index is 2.62. The van der Waals surface area contributed by atoms with E-state index in [1.807, 2.05) is 26.0 Å². The normalized spacial score (nSPS) is 14.2. The molecular weight excluding hydrogens is 257 g/mol. The Morgan fingerprint density at radius 2 is 1.95 bits per heavy atom. The fourth-order valence-electron chi connectivity index (χ4n) is 1.65. The van der Waals surface area contributed by atoms with Crippen LogP contribution in [0.15, 0.2) is 18.2 Å². The van der Waals surface area contributed by atoms with Gasteiger partial charge in [0, 0.05) is 18.8 Å². The lowest BCUT2D eigenvalue weighted by molar-refractivity contribution is -0.207. The van der Waals surface area contributed by atoms with Crippen molar-refractivity contribution in [2.75, 3.05) is 13.6 Å². The molecule has 0 aromatic carbocycles. The zero-order chi connectivity index (χ0) is 14.6. The molecule has 108 valence electrons. The number of halogens is 3. The second kappa shape index (κ2) is 6.34. The Bertz CT molecular complexity index is 407. The number of aliphatic hydroxyl groups is 1. The summed E-state index contributed by atoms with van der Waals surface area (Å²) in [6, 6.07) is 5.49. The quantitative estimate of drug-likeness (QED) is 0.898. The van der Waals surface area contributed by atoms with Crippen molar-refractivity contribution in [3.8, 4) is 0 Å². The van der Waals surface area contributed by atoms with Crippen LogP contribution in [0.4, 0.5) is 13.2 Å². The molecule has 0 saturated heterocycles. The van der Waals surface area contributed by atoms with Crippen LogP contribution in [0.2, 0.25) is 0 Å². The first-order chi connectivity index (χ1) is 8.70. The number of likely N-dealkylation sites (N-methyl/N-ethyl adjacent to an activating group) is 1. The minimum absolute atomic E-state index is 0.269. The first-order valence-electron chi connectivity index (χ1n) is 6.09. The molecule has 0 aliphatic heterocycles. The molecule has 0 spiro atoms. The molecule has 1 aromatic rings. The smallest absolute Gasteiger partial charge is 0.382 e. The van der Waals surface area contributed by atoms with Gasteiger partial charge in [-0.25, -0.2) is 0 Å². The standard InChI is InChI=1S/C13H19F3N2O/c1-9(2)11-6-4-5-10(17-11)7-18(3)8-12(19)13(14,15)16/h4-6,9,12,19H,7-8H2,1-3H3. The van der Waals surface area contributed by atoms with Gasteiger partial charge in [-0.2, -0.15) is 13.2 Å². The van der Waals surface area contributed by atoms with Crippen molar-refractivity contribution in [3.63, 3.8) is 0 Å². The van der Waals surface area contributed by atoms with Crippen molar-refractivity contribution in [1.82, 2.24) is 9.88 Å². The summed E-state index contributed by atoms with van der Waals surface area (Å²) < 4.78 is 36.7. The summed E-state index contributed by atoms with van der Waals surface area (Å²) in [6.45, 7) is 3.82. The highest BCUT2D eigenvalue weighted by molar-refractivity contribution is 5.13. The van der Waals surface area contributed by atoms with Crippen molar-refractivity contribution in [2.45, 2.75) is 38.6 Å². The maximum atomic E-state index is 12.2. The first-order valence-corrected chi connectivity index (χ1v) is 6.09. The fraction of sp³-hybridized carbons (Fsp3) is 0.615. The van der Waals surface area contributed by atoms with Crippen LogP contribution in [0.1, 0.15) is 31.2 Å². The average Bonchev–Trinajstić information content (AvgIpc) is 2.27. The van der Waals surface area contributed by atoms with E-state index in [-0.39, 0.29) is 12.5 Å². The van der Waals surface area contributed by atoms with Crippen LogP contribution in [0, 0.1) is 0 Å². The van der Waals surface area contributed by atoms with Gasteiger partial charge in [0.15, 0.2) is 6.10 Å². The minimum Gasteiger partial charge on any atom is -0.382 e. The third-order valence-corrected chi connectivity index (χ3v) is 2.71. The lowest BCUT2D eigenvalue weighted by Crippen LogP contribution is -2.39. The molecule has 0 bridgehead atoms. The van der Waals surface area contributed by atoms with Gasteiger partial charge < -0.3 is 5.11 Å². The number of pyridine rings is 1. The van der Waals surface area contributed by atoms with Crippen molar-refractivity contribution in [1.29, 1.82) is 0 Å². The molecule has 1 N–H and O–H groups in total. The van der Waals surface area contributed by atoms with Crippen LogP contribution in [0.25, 0.3) is 0 Å². The molecule has 19 heavy (non-hydrogen) atoms. The monoisotopic (exact) mass is 276 g/mol. The number of hydrogen-bond donors (Lipinski definition) is 1. The van der Waals surface area contributed by atoms with E-state index in [9.17, 15) is 13.2 Å². The summed E-state index contributed by atoms with van der Waals surface area (Å²) in [5.74, 6) is 0.269. The van der Waals surface area contributed by atoms with Gasteiger partial charge in [0.1, 0.15) is 0 Å². The van der Waals surface area contributed by atoms with Gasteiger partial charge in [-0.3, -0.25) is 9.88 Å². The number of rotatable bonds is 5. The molecule has 0 saturated carbocycles. The molecule has 1 aromatic heterocycles. The highest BCUT2D eigenvalue weighted by atomic mass is 19.4. The van der Waals surface area contributed by atoms with Gasteiger partial charge in [-0.1, -0.05) is 19.9 Å². The summed E-state index contributed by atoms with van der Waals surface area (Å²) in [5.41, 5.74) is 1.60. The average molecular weight is 276 g/mol. The summed E-state index contributed by atoms with van der Waals surface area (Å²) >= 11 is 0. The predicted molar refractivity (Wildman–Crippen MR) is 66.7 cm³/mol. The van der Waals surface area contributed by atoms with E-state index in [4.69, 9.17) is 5.11 Å². The third kappa shape index (κ3) is 5.16. The Labute approximate surface area is 111 Å². The van der Waals surface area contributed by atoms with Gasteiger partial charge in [0.2, 0.25) is 0 Å². The summed E-state index contributed by atoms with van der Waals surface area (Å²) in [4.78, 5) is 5.78. The van der Waals surface area contributed by atoms with Crippen molar-refractivity contribution < 1.29 is 18.3 Å². The Morgan fingerprint density at radius 3 is 2.47 bits per heavy atom. The second-order valence-corrected chi connectivity index (χ2v) is 4.96. The van der Waals surface area contributed by atoms with Gasteiger partial charge in [-0.05, 0) is 25.1 Å². The number of nitrogens with zero attached hydrogens (tertiary/aromatic N) is 2. The van der Waals surface area contributed by atoms with Crippen LogP contribution < -0.4 is 0 Å². The molecular formula is C13H19F3N2O. The van der Waals surface area contributed by atoms with E-state index in [1.54, 1.807) is 6.07 Å². The fourth-order valence-corrected chi connectivity index (χ4v) is 1.65. The molecule has 0 amide bonds. The first kappa shape index (κ1) is 15.9. The van der Waals surface area contributed by atoms with E-state index in [0.29, 0.717) is 5.69 Å². The highest BCUT2D eigenvalue weighted by Gasteiger charge is 2.38. The molecule has 0 aliphatic carbocycles. The summed E-state index contributed by atoms with van der Waals surface area (Å²) in [6.07, 6.45) is -6.91. The van der Waals surface area contributed by atoms with Crippen molar-refractivity contribution in [3.05, 3.63) is 29.6 Å². The Kier molecular flexibility index (Phi) is 5.31. The van der Waals surface area contributed by atoms with E-state index in [0.717, 1.165) is 5.69 Å². The molecule has 1 atom stereocenters. The maximum absolute atomic E-state index is 12.2. The number of hydrogen-bond acceptors (Lipinski definition) is 3. The van der Waals surface area contributed by atoms with Gasteiger partial charge in [0.05, 0.1) is 5.69 Å². The van der Waals surface area contributed by atoms with Crippen LogP contribution in [-0.4, -0.2) is 40.9 Å². The molecule has 0 radical (unpaired) electrons. The lowest BCUT2D eigenvalue weighted by Gasteiger charge is -2.22. The van der Waals surface area contributed by atoms with E-state index in [2.05, 4.69) is 4.98 Å². The number of aromatic nitrogens is 1. The topological polar surface area (TPSA) is 36.4 Å². The molecule has 1 rings (SSSR count). The predicted octanol–water partition coefficient (Wildman–Crippen LogP) is 2.56. The number of aliphatic hydroxyl groups excluding tert-OH is 1. The Morgan fingerprint density at radius 1 is 1.32 bits per heavy atom. The zero-order valence-corrected chi connectivity index (χ0v) is 11.3. The highest BCUT2D eigenvalue weighted by Crippen LogP contribution is 2.21. The number of alkyl halides is 3. The van der Waals surface area contributed by atoms with E-state index >= 15 is 0 Å². The van der Waals surface area contributed by atoms with Crippen LogP contribution in [0.3, 0.4) is 0 Å². The van der Waals surface area contributed by atoms with Crippen molar-refractivity contribution in [2.24, 2.45) is 0 Å². The van der Waals surface area contributed by atoms with Crippen LogP contribution in [0.5, 0.6) is 0 Å². The second-order valence-electron chi connectivity index (χ2n) is 4.96. The SMILES string of the molecule is CC(C)c1cccc(CN(C)CC(O)C(F)(F)F)n1. The lowest BCUT2D eigenvalue weighted by atomic mass is 10.1. The van der Waals surface area contributed by atoms with E-state index in [1.165, 1.54) is 11.9 Å².